The van der Waals surface area contributed by atoms with Crippen molar-refractivity contribution >= 4 is 15.9 Å². The van der Waals surface area contributed by atoms with Crippen LogP contribution in [0.25, 0.3) is 0 Å². The monoisotopic (exact) mass is 179 g/mol. The predicted octanol–water partition coefficient (Wildman–Crippen LogP) is 2.36. The second-order valence-electron chi connectivity index (χ2n) is 1.70. The van der Waals surface area contributed by atoms with Gasteiger partial charge in [-0.15, -0.1) is 0 Å². The van der Waals surface area contributed by atoms with Crippen LogP contribution in [0.1, 0.15) is 20.3 Å². The Morgan fingerprint density at radius 2 is 2.38 bits per heavy atom. The van der Waals surface area contributed by atoms with Crippen LogP contribution >= 0.6 is 15.9 Å². The molecular formula is C6H12BrO. The summed E-state index contributed by atoms with van der Waals surface area (Å²) in [6, 6.07) is 0. The van der Waals surface area contributed by atoms with Gasteiger partial charge >= 0.3 is 0 Å². The van der Waals surface area contributed by atoms with Crippen LogP contribution in [0.3, 0.4) is 0 Å². The topological polar surface area (TPSA) is 9.23 Å². The molecule has 0 aromatic rings. The van der Waals surface area contributed by atoms with Crippen LogP contribution < -0.4 is 0 Å². The Balaban J connectivity index is 2.86. The summed E-state index contributed by atoms with van der Waals surface area (Å²) in [5.74, 6) is 0. The third kappa shape index (κ3) is 4.60. The van der Waals surface area contributed by atoms with Gasteiger partial charge in [0.15, 0.2) is 0 Å². The highest BCUT2D eigenvalue weighted by Crippen LogP contribution is 2.01. The fourth-order valence-corrected chi connectivity index (χ4v) is 0.493. The quantitative estimate of drug-likeness (QED) is 0.645. The fourth-order valence-electron chi connectivity index (χ4n) is 0.340. The molecule has 1 unspecified atom stereocenters. The number of rotatable bonds is 4. The van der Waals surface area contributed by atoms with Crippen LogP contribution in [-0.2, 0) is 4.74 Å². The Hall–Kier alpha value is 0.440. The van der Waals surface area contributed by atoms with E-state index in [4.69, 9.17) is 4.74 Å². The van der Waals surface area contributed by atoms with Crippen LogP contribution in [0, 0.1) is 5.33 Å². The lowest BCUT2D eigenvalue weighted by molar-refractivity contribution is 0.0942. The van der Waals surface area contributed by atoms with Gasteiger partial charge in [0.1, 0.15) is 0 Å². The summed E-state index contributed by atoms with van der Waals surface area (Å²) in [4.78, 5) is 0. The number of halogens is 1. The van der Waals surface area contributed by atoms with Gasteiger partial charge in [-0.1, -0.05) is 22.9 Å². The van der Waals surface area contributed by atoms with Gasteiger partial charge < -0.3 is 4.74 Å². The van der Waals surface area contributed by atoms with Gasteiger partial charge in [0.2, 0.25) is 0 Å². The Morgan fingerprint density at radius 3 is 2.75 bits per heavy atom. The van der Waals surface area contributed by atoms with Crippen molar-refractivity contribution in [2.24, 2.45) is 0 Å². The first-order chi connectivity index (χ1) is 3.81. The van der Waals surface area contributed by atoms with E-state index in [1.54, 1.807) is 0 Å². The second-order valence-corrected chi connectivity index (χ2v) is 2.23. The van der Waals surface area contributed by atoms with Crippen LogP contribution in [0.15, 0.2) is 0 Å². The Labute approximate surface area is 59.5 Å². The summed E-state index contributed by atoms with van der Waals surface area (Å²) >= 11 is 3.19. The zero-order valence-electron chi connectivity index (χ0n) is 5.36. The smallest absolute Gasteiger partial charge is 0.0683 e. The third-order valence-corrected chi connectivity index (χ3v) is 1.51. The highest BCUT2D eigenvalue weighted by Gasteiger charge is 1.95. The van der Waals surface area contributed by atoms with Crippen LogP contribution in [-0.4, -0.2) is 12.7 Å². The van der Waals surface area contributed by atoms with Gasteiger partial charge in [0.25, 0.3) is 0 Å². The van der Waals surface area contributed by atoms with Crippen molar-refractivity contribution in [3.8, 4) is 0 Å². The lowest BCUT2D eigenvalue weighted by atomic mass is 10.4. The molecule has 0 bridgehead atoms. The molecule has 0 aliphatic heterocycles. The second kappa shape index (κ2) is 5.57. The van der Waals surface area contributed by atoms with E-state index in [0.29, 0.717) is 0 Å². The highest BCUT2D eigenvalue weighted by molar-refractivity contribution is 9.10. The summed E-state index contributed by atoms with van der Waals surface area (Å²) in [6.45, 7) is 4.95. The van der Waals surface area contributed by atoms with E-state index in [1.165, 1.54) is 0 Å². The number of hydrogen-bond donors (Lipinski definition) is 0. The molecule has 1 atom stereocenters. The summed E-state index contributed by atoms with van der Waals surface area (Å²) in [6.07, 6.45) is 1.33. The van der Waals surface area contributed by atoms with E-state index in [0.717, 1.165) is 13.0 Å². The van der Waals surface area contributed by atoms with Gasteiger partial charge in [-0.3, -0.25) is 0 Å². The molecule has 0 N–H and O–H groups in total. The molecule has 0 saturated heterocycles. The van der Waals surface area contributed by atoms with Gasteiger partial charge in [0, 0.05) is 6.61 Å². The highest BCUT2D eigenvalue weighted by atomic mass is 79.9. The van der Waals surface area contributed by atoms with Crippen molar-refractivity contribution in [2.45, 2.75) is 26.4 Å². The van der Waals surface area contributed by atoms with E-state index in [2.05, 4.69) is 22.9 Å². The molecule has 2 heteroatoms. The van der Waals surface area contributed by atoms with E-state index < -0.39 is 0 Å². The van der Waals surface area contributed by atoms with Gasteiger partial charge in [-0.2, -0.15) is 0 Å². The van der Waals surface area contributed by atoms with E-state index in [1.807, 2.05) is 12.3 Å². The lowest BCUT2D eigenvalue weighted by Crippen LogP contribution is -2.05. The predicted molar refractivity (Wildman–Crippen MR) is 38.9 cm³/mol. The molecule has 0 spiro atoms. The first-order valence-electron chi connectivity index (χ1n) is 2.86. The van der Waals surface area contributed by atoms with E-state index >= 15 is 0 Å². The Morgan fingerprint density at radius 1 is 1.75 bits per heavy atom. The molecule has 0 aromatic carbocycles. The van der Waals surface area contributed by atoms with E-state index in [-0.39, 0.29) is 6.10 Å². The van der Waals surface area contributed by atoms with Crippen molar-refractivity contribution in [3.05, 3.63) is 5.33 Å². The average Bonchev–Trinajstić information content (AvgIpc) is 1.83. The minimum atomic E-state index is 0.245. The van der Waals surface area contributed by atoms with Gasteiger partial charge in [-0.05, 0) is 13.3 Å². The maximum atomic E-state index is 5.24. The van der Waals surface area contributed by atoms with E-state index in [9.17, 15) is 0 Å². The van der Waals surface area contributed by atoms with Crippen molar-refractivity contribution in [1.29, 1.82) is 0 Å². The molecule has 1 nitrogen and oxygen atoms in total. The van der Waals surface area contributed by atoms with Crippen molar-refractivity contribution < 1.29 is 4.74 Å². The molecule has 8 heavy (non-hydrogen) atoms. The van der Waals surface area contributed by atoms with Crippen LogP contribution in [0.5, 0.6) is 0 Å². The minimum Gasteiger partial charge on any atom is -0.377 e. The molecule has 0 amide bonds. The number of ether oxygens (including phenoxy) is 1. The van der Waals surface area contributed by atoms with Gasteiger partial charge in [0.05, 0.1) is 11.4 Å². The first-order valence-corrected chi connectivity index (χ1v) is 3.78. The largest absolute Gasteiger partial charge is 0.377 e. The summed E-state index contributed by atoms with van der Waals surface area (Å²) in [5.41, 5.74) is 0. The minimum absolute atomic E-state index is 0.245. The van der Waals surface area contributed by atoms with Gasteiger partial charge in [-0.25, -0.2) is 0 Å². The van der Waals surface area contributed by atoms with Crippen molar-refractivity contribution in [1.82, 2.24) is 0 Å². The van der Waals surface area contributed by atoms with Crippen molar-refractivity contribution in [3.63, 3.8) is 0 Å². The maximum absolute atomic E-state index is 5.24. The molecule has 0 heterocycles. The van der Waals surface area contributed by atoms with Crippen LogP contribution in [0.2, 0.25) is 0 Å². The molecule has 0 rings (SSSR count). The molecule has 0 saturated carbocycles. The summed E-state index contributed by atoms with van der Waals surface area (Å²) in [5, 5.41) is 1.86. The normalized spacial score (nSPS) is 13.9. The molecule has 0 aliphatic carbocycles. The fraction of sp³-hybridized carbons (Fsp3) is 0.833. The maximum Gasteiger partial charge on any atom is 0.0683 e. The third-order valence-electron chi connectivity index (χ3n) is 0.762. The zero-order valence-corrected chi connectivity index (χ0v) is 6.94. The zero-order chi connectivity index (χ0) is 6.41. The molecule has 0 fully saturated rings. The van der Waals surface area contributed by atoms with Crippen LogP contribution in [0.4, 0.5) is 0 Å². The van der Waals surface area contributed by atoms with Crippen molar-refractivity contribution in [2.75, 3.05) is 6.61 Å². The first kappa shape index (κ1) is 8.44. The molecule has 49 valence electrons. The summed E-state index contributed by atoms with van der Waals surface area (Å²) < 4.78 is 5.24. The SMILES string of the molecule is CCCOC(C)[CH]Br. The molecule has 0 aliphatic rings. The Kier molecular flexibility index (Phi) is 5.88. The molecular weight excluding hydrogens is 168 g/mol. The average molecular weight is 180 g/mol. The number of hydrogen-bond acceptors (Lipinski definition) is 1. The lowest BCUT2D eigenvalue weighted by Gasteiger charge is -2.06. The standard InChI is InChI=1S/C6H12BrO/c1-3-4-8-6(2)5-7/h5-6H,3-4H2,1-2H3. The summed E-state index contributed by atoms with van der Waals surface area (Å²) in [7, 11) is 0. The molecule has 1 radical (unpaired) electrons. The Bertz CT molecular complexity index is 47.8. The molecule has 0 aromatic heterocycles.